The Morgan fingerprint density at radius 3 is 2.62 bits per heavy atom. The first kappa shape index (κ1) is 31.3. The van der Waals surface area contributed by atoms with Crippen molar-refractivity contribution in [3.05, 3.63) is 35.5 Å². The SMILES string of the molecule is C=C1CC[C@H](O[Si](C)(C)C)C/C1=C/C=C1\CCC[C@@]2(C)C1CC[C@@H]2C(C)CC[C@H]1OB(CCCC)OC1(C)C. The lowest BCUT2D eigenvalue weighted by Crippen LogP contribution is -2.37. The first-order valence-corrected chi connectivity index (χ1v) is 19.8. The van der Waals surface area contributed by atoms with E-state index in [-0.39, 0.29) is 18.8 Å². The van der Waals surface area contributed by atoms with Gasteiger partial charge >= 0.3 is 7.12 Å². The molecule has 4 aliphatic rings. The fourth-order valence-electron chi connectivity index (χ4n) is 8.51. The molecule has 0 amide bonds. The minimum absolute atomic E-state index is 0.00794. The van der Waals surface area contributed by atoms with E-state index in [9.17, 15) is 0 Å². The van der Waals surface area contributed by atoms with Crippen LogP contribution in [0.4, 0.5) is 0 Å². The summed E-state index contributed by atoms with van der Waals surface area (Å²) in [6, 6.07) is 0. The highest BCUT2D eigenvalue weighted by molar-refractivity contribution is 6.69. The number of hydrogen-bond donors (Lipinski definition) is 0. The van der Waals surface area contributed by atoms with Gasteiger partial charge in [-0.15, -0.1) is 0 Å². The Balaban J connectivity index is 1.38. The van der Waals surface area contributed by atoms with E-state index in [0.717, 1.165) is 49.8 Å². The summed E-state index contributed by atoms with van der Waals surface area (Å²) in [6.45, 7) is 23.2. The zero-order valence-electron chi connectivity index (χ0n) is 26.7. The van der Waals surface area contributed by atoms with Gasteiger partial charge in [0.25, 0.3) is 0 Å². The highest BCUT2D eigenvalue weighted by Gasteiger charge is 2.51. The molecule has 0 aromatic carbocycles. The number of unbranched alkanes of at least 4 members (excludes halogenated alkanes) is 1. The first-order chi connectivity index (χ1) is 18.3. The van der Waals surface area contributed by atoms with Gasteiger partial charge in [-0.25, -0.2) is 0 Å². The van der Waals surface area contributed by atoms with Crippen molar-refractivity contribution >= 4 is 15.4 Å². The van der Waals surface area contributed by atoms with Gasteiger partial charge in [0.1, 0.15) is 0 Å². The monoisotopic (exact) mass is 554 g/mol. The van der Waals surface area contributed by atoms with Gasteiger partial charge in [-0.2, -0.15) is 0 Å². The fourth-order valence-corrected chi connectivity index (χ4v) is 9.72. The maximum Gasteiger partial charge on any atom is 0.457 e. The number of allylic oxidation sites excluding steroid dienone is 4. The van der Waals surface area contributed by atoms with Gasteiger partial charge in [-0.1, -0.05) is 63.5 Å². The van der Waals surface area contributed by atoms with Crippen LogP contribution in [0.2, 0.25) is 26.0 Å². The van der Waals surface area contributed by atoms with Crippen molar-refractivity contribution in [2.75, 3.05) is 0 Å². The third-order valence-electron chi connectivity index (χ3n) is 10.6. The molecule has 0 spiro atoms. The smallest absolute Gasteiger partial charge is 0.414 e. The minimum Gasteiger partial charge on any atom is -0.414 e. The van der Waals surface area contributed by atoms with Crippen molar-refractivity contribution in [1.82, 2.24) is 0 Å². The molecule has 5 heteroatoms. The molecule has 0 bridgehead atoms. The van der Waals surface area contributed by atoms with E-state index in [2.05, 4.69) is 73.0 Å². The number of rotatable bonds is 10. The summed E-state index contributed by atoms with van der Waals surface area (Å²) >= 11 is 0. The molecule has 1 heterocycles. The molecule has 39 heavy (non-hydrogen) atoms. The maximum absolute atomic E-state index is 6.49. The molecule has 220 valence electrons. The van der Waals surface area contributed by atoms with Gasteiger partial charge in [-0.3, -0.25) is 0 Å². The van der Waals surface area contributed by atoms with Crippen LogP contribution in [0.3, 0.4) is 0 Å². The highest BCUT2D eigenvalue weighted by atomic mass is 28.4. The van der Waals surface area contributed by atoms with E-state index in [4.69, 9.17) is 13.7 Å². The summed E-state index contributed by atoms with van der Waals surface area (Å²) in [5.74, 6) is 2.27. The zero-order valence-corrected chi connectivity index (χ0v) is 27.7. The second kappa shape index (κ2) is 12.7. The molecule has 4 fully saturated rings. The standard InChI is InChI=1S/C34H59BO3Si/c1-10-11-23-35-36-32(33(4,5)38-35)21-15-26(3)30-19-20-31-27(13-12-22-34(30,31)6)16-17-28-24-29(18-14-25(28)2)37-39(7,8)9/h16-17,26,29-32H,2,10-15,18-24H2,1,3-9H3/b27-16+,28-17-/t26?,29-,30+,31?,32+,34+/m0/s1. The van der Waals surface area contributed by atoms with Crippen LogP contribution in [0, 0.1) is 23.2 Å². The summed E-state index contributed by atoms with van der Waals surface area (Å²) in [5.41, 5.74) is 4.74. The van der Waals surface area contributed by atoms with Gasteiger partial charge < -0.3 is 13.7 Å². The average Bonchev–Trinajstić information content (AvgIpc) is 3.35. The van der Waals surface area contributed by atoms with Crippen LogP contribution in [-0.2, 0) is 13.7 Å². The Hall–Kier alpha value is -0.618. The number of fused-ring (bicyclic) bond motifs is 1. The summed E-state index contributed by atoms with van der Waals surface area (Å²) in [7, 11) is -1.53. The summed E-state index contributed by atoms with van der Waals surface area (Å²) < 4.78 is 19.2. The molecule has 4 rings (SSSR count). The predicted molar refractivity (Wildman–Crippen MR) is 169 cm³/mol. The second-order valence-electron chi connectivity index (χ2n) is 15.2. The second-order valence-corrected chi connectivity index (χ2v) is 19.7. The zero-order chi connectivity index (χ0) is 28.4. The lowest BCUT2D eigenvalue weighted by molar-refractivity contribution is 0.0510. The van der Waals surface area contributed by atoms with Crippen molar-refractivity contribution in [2.24, 2.45) is 23.2 Å². The maximum atomic E-state index is 6.49. The lowest BCUT2D eigenvalue weighted by atomic mass is 9.60. The van der Waals surface area contributed by atoms with Crippen LogP contribution in [0.5, 0.6) is 0 Å². The topological polar surface area (TPSA) is 27.7 Å². The van der Waals surface area contributed by atoms with Crippen LogP contribution in [0.15, 0.2) is 35.5 Å². The van der Waals surface area contributed by atoms with E-state index in [1.54, 1.807) is 5.57 Å². The van der Waals surface area contributed by atoms with E-state index in [1.165, 1.54) is 62.5 Å². The van der Waals surface area contributed by atoms with Crippen LogP contribution < -0.4 is 0 Å². The summed E-state index contributed by atoms with van der Waals surface area (Å²) in [6.07, 6.45) is 21.3. The highest BCUT2D eigenvalue weighted by Crippen LogP contribution is 2.60. The van der Waals surface area contributed by atoms with Crippen LogP contribution >= 0.6 is 0 Å². The van der Waals surface area contributed by atoms with Gasteiger partial charge in [0.15, 0.2) is 8.32 Å². The Bertz CT molecular complexity index is 918. The molecule has 6 atom stereocenters. The quantitative estimate of drug-likeness (QED) is 0.252. The summed E-state index contributed by atoms with van der Waals surface area (Å²) in [5, 5.41) is 0. The Morgan fingerprint density at radius 2 is 1.90 bits per heavy atom. The Kier molecular flexibility index (Phi) is 10.2. The predicted octanol–water partition coefficient (Wildman–Crippen LogP) is 9.91. The molecular weight excluding hydrogens is 495 g/mol. The largest absolute Gasteiger partial charge is 0.457 e. The Morgan fingerprint density at radius 1 is 1.13 bits per heavy atom. The molecule has 3 nitrogen and oxygen atoms in total. The van der Waals surface area contributed by atoms with Crippen molar-refractivity contribution < 1.29 is 13.7 Å². The molecule has 1 aliphatic heterocycles. The van der Waals surface area contributed by atoms with Gasteiger partial charge in [0, 0.05) is 6.10 Å². The molecular formula is C34H59BO3Si. The summed E-state index contributed by atoms with van der Waals surface area (Å²) in [4.78, 5) is 0. The van der Waals surface area contributed by atoms with E-state index < -0.39 is 8.32 Å². The van der Waals surface area contributed by atoms with Crippen LogP contribution in [0.1, 0.15) is 112 Å². The van der Waals surface area contributed by atoms with Gasteiger partial charge in [-0.05, 0) is 133 Å². The first-order valence-electron chi connectivity index (χ1n) is 16.4. The fraction of sp³-hybridized carbons (Fsp3) is 0.824. The molecule has 3 aliphatic carbocycles. The van der Waals surface area contributed by atoms with Crippen LogP contribution in [-0.4, -0.2) is 33.2 Å². The van der Waals surface area contributed by atoms with Crippen LogP contribution in [0.25, 0.3) is 0 Å². The molecule has 0 N–H and O–H groups in total. The van der Waals surface area contributed by atoms with Gasteiger partial charge in [0.05, 0.1) is 11.7 Å². The molecule has 1 saturated heterocycles. The lowest BCUT2D eigenvalue weighted by Gasteiger charge is -2.44. The number of hydrogen-bond acceptors (Lipinski definition) is 3. The molecule has 0 radical (unpaired) electrons. The van der Waals surface area contributed by atoms with E-state index in [0.29, 0.717) is 11.5 Å². The average molecular weight is 555 g/mol. The van der Waals surface area contributed by atoms with Crippen molar-refractivity contribution in [3.63, 3.8) is 0 Å². The van der Waals surface area contributed by atoms with E-state index in [1.807, 2.05) is 0 Å². The van der Waals surface area contributed by atoms with E-state index >= 15 is 0 Å². The molecule has 2 unspecified atom stereocenters. The van der Waals surface area contributed by atoms with Crippen molar-refractivity contribution in [3.8, 4) is 0 Å². The van der Waals surface area contributed by atoms with Gasteiger partial charge in [0.2, 0.25) is 0 Å². The third-order valence-corrected chi connectivity index (χ3v) is 11.7. The normalized spacial score (nSPS) is 36.1. The molecule has 0 aromatic rings. The van der Waals surface area contributed by atoms with Crippen molar-refractivity contribution in [2.45, 2.75) is 155 Å². The molecule has 3 saturated carbocycles. The third kappa shape index (κ3) is 7.62. The molecule has 0 aromatic heterocycles. The Labute approximate surface area is 242 Å². The minimum atomic E-state index is -1.52. The van der Waals surface area contributed by atoms with Crippen molar-refractivity contribution in [1.29, 1.82) is 0 Å².